The Labute approximate surface area is 176 Å². The molecular weight excluding hydrogens is 434 g/mol. The summed E-state index contributed by atoms with van der Waals surface area (Å²) in [7, 11) is 0. The summed E-state index contributed by atoms with van der Waals surface area (Å²) >= 11 is 3.30. The average Bonchev–Trinajstić information content (AvgIpc) is 3.02. The lowest BCUT2D eigenvalue weighted by Gasteiger charge is -2.15. The largest absolute Gasteiger partial charge is 0.478 e. The molecule has 5 nitrogen and oxygen atoms in total. The maximum atomic E-state index is 12.4. The zero-order valence-electron chi connectivity index (χ0n) is 15.6. The molecule has 0 aliphatic heterocycles. The Morgan fingerprint density at radius 3 is 2.21 bits per heavy atom. The molecule has 0 unspecified atom stereocenters. The van der Waals surface area contributed by atoms with Crippen molar-refractivity contribution in [3.63, 3.8) is 0 Å². The van der Waals surface area contributed by atoms with Gasteiger partial charge in [-0.05, 0) is 62.8 Å². The monoisotopic (exact) mass is 451 g/mol. The first-order chi connectivity index (χ1) is 14.0. The van der Waals surface area contributed by atoms with E-state index in [-0.39, 0.29) is 18.1 Å². The number of carbonyl (C=O) groups is 2. The number of aryl methyl sites for hydroxylation is 1. The third-order valence-electron chi connectivity index (χ3n) is 5.12. The maximum absolute atomic E-state index is 12.4. The highest BCUT2D eigenvalue weighted by molar-refractivity contribution is 9.10. The minimum atomic E-state index is -1.02. The van der Waals surface area contributed by atoms with Gasteiger partial charge in [-0.15, -0.1) is 0 Å². The van der Waals surface area contributed by atoms with Crippen molar-refractivity contribution in [2.24, 2.45) is 0 Å². The molecule has 3 aromatic rings. The number of halogens is 1. The van der Waals surface area contributed by atoms with Gasteiger partial charge in [-0.25, -0.2) is 9.59 Å². The van der Waals surface area contributed by atoms with E-state index in [1.807, 2.05) is 24.3 Å². The number of carbonyl (C=O) groups excluding carboxylic acids is 1. The fraction of sp³-hybridized carbons (Fsp3) is 0.130. The van der Waals surface area contributed by atoms with Gasteiger partial charge in [-0.2, -0.15) is 0 Å². The first-order valence-electron chi connectivity index (χ1n) is 9.11. The van der Waals surface area contributed by atoms with Crippen LogP contribution >= 0.6 is 15.9 Å². The molecular formula is C23H18BrNO4. The Morgan fingerprint density at radius 2 is 1.62 bits per heavy atom. The van der Waals surface area contributed by atoms with E-state index in [0.29, 0.717) is 15.7 Å². The number of rotatable bonds is 4. The Kier molecular flexibility index (Phi) is 5.11. The van der Waals surface area contributed by atoms with Crippen molar-refractivity contribution in [3.8, 4) is 11.1 Å². The van der Waals surface area contributed by atoms with Gasteiger partial charge in [0.2, 0.25) is 0 Å². The van der Waals surface area contributed by atoms with Gasteiger partial charge in [0.1, 0.15) is 6.61 Å². The SMILES string of the molecule is Cc1cc(NC(=O)OCC2c3ccccc3-c3ccccc32)c(Br)cc1C(=O)O. The van der Waals surface area contributed by atoms with E-state index in [9.17, 15) is 14.7 Å². The Bertz CT molecular complexity index is 1080. The zero-order chi connectivity index (χ0) is 20.5. The second-order valence-corrected chi connectivity index (χ2v) is 7.76. The summed E-state index contributed by atoms with van der Waals surface area (Å²) in [5, 5.41) is 11.9. The van der Waals surface area contributed by atoms with Crippen molar-refractivity contribution in [2.45, 2.75) is 12.8 Å². The molecule has 146 valence electrons. The van der Waals surface area contributed by atoms with Gasteiger partial charge in [0.15, 0.2) is 0 Å². The number of benzene rings is 3. The predicted molar refractivity (Wildman–Crippen MR) is 115 cm³/mol. The molecule has 0 heterocycles. The van der Waals surface area contributed by atoms with Crippen LogP contribution in [-0.2, 0) is 4.74 Å². The van der Waals surface area contributed by atoms with Crippen molar-refractivity contribution in [1.82, 2.24) is 0 Å². The second-order valence-electron chi connectivity index (χ2n) is 6.90. The molecule has 1 aliphatic rings. The summed E-state index contributed by atoms with van der Waals surface area (Å²) in [5.41, 5.74) is 5.81. The van der Waals surface area contributed by atoms with Crippen molar-refractivity contribution in [2.75, 3.05) is 11.9 Å². The van der Waals surface area contributed by atoms with Crippen LogP contribution < -0.4 is 5.32 Å². The summed E-state index contributed by atoms with van der Waals surface area (Å²) in [4.78, 5) is 23.6. The molecule has 4 rings (SSSR count). The Balaban J connectivity index is 1.50. The van der Waals surface area contributed by atoms with Crippen LogP contribution in [0.5, 0.6) is 0 Å². The summed E-state index contributed by atoms with van der Waals surface area (Å²) in [5.74, 6) is -1.04. The van der Waals surface area contributed by atoms with Crippen molar-refractivity contribution in [1.29, 1.82) is 0 Å². The number of anilines is 1. The summed E-state index contributed by atoms with van der Waals surface area (Å²) < 4.78 is 6.01. The third kappa shape index (κ3) is 3.63. The zero-order valence-corrected chi connectivity index (χ0v) is 17.2. The quantitative estimate of drug-likeness (QED) is 0.524. The van der Waals surface area contributed by atoms with Crippen LogP contribution in [0.1, 0.15) is 33.0 Å². The number of ether oxygens (including phenoxy) is 1. The van der Waals surface area contributed by atoms with Gasteiger partial charge in [-0.1, -0.05) is 48.5 Å². The smallest absolute Gasteiger partial charge is 0.411 e. The van der Waals surface area contributed by atoms with Crippen molar-refractivity contribution < 1.29 is 19.4 Å². The van der Waals surface area contributed by atoms with E-state index in [1.165, 1.54) is 17.2 Å². The number of fused-ring (bicyclic) bond motifs is 3. The molecule has 1 amide bonds. The number of aromatic carboxylic acids is 1. The third-order valence-corrected chi connectivity index (χ3v) is 5.78. The highest BCUT2D eigenvalue weighted by Gasteiger charge is 2.29. The Hall–Kier alpha value is -3.12. The van der Waals surface area contributed by atoms with Gasteiger partial charge < -0.3 is 9.84 Å². The van der Waals surface area contributed by atoms with Gasteiger partial charge in [-0.3, -0.25) is 5.32 Å². The van der Waals surface area contributed by atoms with E-state index >= 15 is 0 Å². The number of carboxylic acids is 1. The molecule has 6 heteroatoms. The van der Waals surface area contributed by atoms with Crippen LogP contribution in [0.15, 0.2) is 65.1 Å². The molecule has 29 heavy (non-hydrogen) atoms. The minimum absolute atomic E-state index is 0.0206. The highest BCUT2D eigenvalue weighted by Crippen LogP contribution is 2.44. The lowest BCUT2D eigenvalue weighted by Crippen LogP contribution is -2.18. The first-order valence-corrected chi connectivity index (χ1v) is 9.90. The average molecular weight is 452 g/mol. The number of carboxylic acid groups (broad SMARTS) is 1. The maximum Gasteiger partial charge on any atom is 0.411 e. The van der Waals surface area contributed by atoms with Gasteiger partial charge in [0.25, 0.3) is 0 Å². The van der Waals surface area contributed by atoms with Crippen LogP contribution in [0.25, 0.3) is 11.1 Å². The number of hydrogen-bond acceptors (Lipinski definition) is 3. The molecule has 3 aromatic carbocycles. The molecule has 1 aliphatic carbocycles. The minimum Gasteiger partial charge on any atom is -0.478 e. The van der Waals surface area contributed by atoms with Crippen LogP contribution in [0, 0.1) is 6.92 Å². The van der Waals surface area contributed by atoms with Crippen molar-refractivity contribution >= 4 is 33.7 Å². The fourth-order valence-corrected chi connectivity index (χ4v) is 4.19. The number of nitrogens with one attached hydrogen (secondary N) is 1. The molecule has 0 fully saturated rings. The molecule has 0 saturated heterocycles. The van der Waals surface area contributed by atoms with Gasteiger partial charge >= 0.3 is 12.1 Å². The fourth-order valence-electron chi connectivity index (χ4n) is 3.75. The lowest BCUT2D eigenvalue weighted by atomic mass is 9.98. The second kappa shape index (κ2) is 7.72. The number of amides is 1. The molecule has 0 radical (unpaired) electrons. The van der Waals surface area contributed by atoms with Crippen LogP contribution in [0.4, 0.5) is 10.5 Å². The van der Waals surface area contributed by atoms with Crippen LogP contribution in [0.3, 0.4) is 0 Å². The van der Waals surface area contributed by atoms with E-state index in [0.717, 1.165) is 11.1 Å². The van der Waals surface area contributed by atoms with E-state index < -0.39 is 12.1 Å². The molecule has 2 N–H and O–H groups in total. The predicted octanol–water partition coefficient (Wildman–Crippen LogP) is 5.82. The molecule has 0 aromatic heterocycles. The molecule has 0 saturated carbocycles. The number of hydrogen-bond donors (Lipinski definition) is 2. The molecule has 0 atom stereocenters. The first kappa shape index (κ1) is 19.2. The van der Waals surface area contributed by atoms with Crippen LogP contribution in [-0.4, -0.2) is 23.8 Å². The summed E-state index contributed by atoms with van der Waals surface area (Å²) in [6, 6.07) is 19.3. The lowest BCUT2D eigenvalue weighted by molar-refractivity contribution is 0.0696. The standard InChI is InChI=1S/C23H18BrNO4/c1-13-10-21(20(24)11-18(13)22(26)27)25-23(28)29-12-19-16-8-4-2-6-14(16)15-7-3-5-9-17(15)19/h2-11,19H,12H2,1H3,(H,25,28)(H,26,27). The van der Waals surface area contributed by atoms with E-state index in [4.69, 9.17) is 4.74 Å². The molecule has 0 spiro atoms. The normalized spacial score (nSPS) is 12.2. The Morgan fingerprint density at radius 1 is 1.03 bits per heavy atom. The molecule has 0 bridgehead atoms. The summed E-state index contributed by atoms with van der Waals surface area (Å²) in [6.07, 6.45) is -0.588. The van der Waals surface area contributed by atoms with Gasteiger partial charge in [0.05, 0.1) is 11.3 Å². The topological polar surface area (TPSA) is 75.6 Å². The van der Waals surface area contributed by atoms with E-state index in [2.05, 4.69) is 45.5 Å². The van der Waals surface area contributed by atoms with E-state index in [1.54, 1.807) is 13.0 Å². The van der Waals surface area contributed by atoms with Crippen LogP contribution in [0.2, 0.25) is 0 Å². The highest BCUT2D eigenvalue weighted by atomic mass is 79.9. The summed E-state index contributed by atoms with van der Waals surface area (Å²) in [6.45, 7) is 1.89. The van der Waals surface area contributed by atoms with Crippen molar-refractivity contribution in [3.05, 3.63) is 87.4 Å². The van der Waals surface area contributed by atoms with Gasteiger partial charge in [0, 0.05) is 10.4 Å².